The van der Waals surface area contributed by atoms with Crippen LogP contribution in [0.2, 0.25) is 0 Å². The van der Waals surface area contributed by atoms with Gasteiger partial charge in [0.1, 0.15) is 5.75 Å². The number of ketones is 4. The molecule has 5 N–H and O–H groups in total. The summed E-state index contributed by atoms with van der Waals surface area (Å²) in [5, 5.41) is 33.2. The monoisotopic (exact) mass is 469 g/mol. The van der Waals surface area contributed by atoms with Crippen LogP contribution in [0.15, 0.2) is 12.1 Å². The number of carbonyl (C=O) groups excluding carboxylic acids is 5. The van der Waals surface area contributed by atoms with Crippen LogP contribution in [-0.4, -0.2) is 56.1 Å². The van der Waals surface area contributed by atoms with Crippen LogP contribution in [0.25, 0.3) is 0 Å². The molecule has 1 aromatic carbocycles. The van der Waals surface area contributed by atoms with E-state index in [1.165, 1.54) is 6.07 Å². The summed E-state index contributed by atoms with van der Waals surface area (Å²) in [5.74, 6) is -12.2. The summed E-state index contributed by atoms with van der Waals surface area (Å²) in [7, 11) is 0. The van der Waals surface area contributed by atoms with Crippen LogP contribution in [0.5, 0.6) is 5.75 Å². The molecule has 9 heteroatoms. The lowest BCUT2D eigenvalue weighted by molar-refractivity contribution is -0.189. The topological polar surface area (TPSA) is 172 Å². The van der Waals surface area contributed by atoms with Gasteiger partial charge in [-0.05, 0) is 41.9 Å². The fraction of sp³-hybridized carbons (Fsp3) is 0.560. The predicted octanol–water partition coefficient (Wildman–Crippen LogP) is 0.516. The van der Waals surface area contributed by atoms with Crippen LogP contribution >= 0.6 is 0 Å². The number of carbonyl (C=O) groups is 5. The SMILES string of the molecule is C[C@H]1c2c(C3CCCC3)ccc(O)c2C(=O)C2C(=O)[C@]3(O)C(=O)C(C(N)=O)C(=O)C[C@@H]3[C@@H](O)[C@@H]21. The Labute approximate surface area is 195 Å². The Morgan fingerprint density at radius 3 is 2.35 bits per heavy atom. The zero-order chi connectivity index (χ0) is 24.7. The van der Waals surface area contributed by atoms with E-state index in [0.717, 1.165) is 31.2 Å². The van der Waals surface area contributed by atoms with Gasteiger partial charge in [-0.1, -0.05) is 25.8 Å². The quantitative estimate of drug-likeness (QED) is 0.454. The predicted molar refractivity (Wildman–Crippen MR) is 116 cm³/mol. The molecule has 4 aliphatic carbocycles. The number of hydrogen-bond donors (Lipinski definition) is 4. The normalized spacial score (nSPS) is 37.9. The third-order valence-electron chi connectivity index (χ3n) is 8.67. The van der Waals surface area contributed by atoms with Crippen molar-refractivity contribution < 1.29 is 39.3 Å². The molecule has 3 fully saturated rings. The molecule has 1 amide bonds. The number of amides is 1. The molecule has 1 aromatic rings. The molecule has 180 valence electrons. The molecular weight excluding hydrogens is 442 g/mol. The summed E-state index contributed by atoms with van der Waals surface area (Å²) >= 11 is 0. The Bertz CT molecular complexity index is 1150. The maximum atomic E-state index is 13.7. The number of rotatable bonds is 2. The summed E-state index contributed by atoms with van der Waals surface area (Å²) in [5.41, 5.74) is 3.75. The molecular formula is C25H27NO8. The first-order valence-electron chi connectivity index (χ1n) is 11.7. The van der Waals surface area contributed by atoms with Gasteiger partial charge in [0, 0.05) is 18.3 Å². The second kappa shape index (κ2) is 7.55. The molecule has 0 saturated heterocycles. The second-order valence-electron chi connectivity index (χ2n) is 10.2. The van der Waals surface area contributed by atoms with Crippen molar-refractivity contribution in [3.05, 3.63) is 28.8 Å². The Morgan fingerprint density at radius 1 is 1.09 bits per heavy atom. The third kappa shape index (κ3) is 2.77. The van der Waals surface area contributed by atoms with Gasteiger partial charge in [-0.25, -0.2) is 0 Å². The molecule has 0 aliphatic heterocycles. The average Bonchev–Trinajstić information content (AvgIpc) is 3.31. The molecule has 4 aliphatic rings. The fourth-order valence-corrected chi connectivity index (χ4v) is 7.06. The number of aromatic hydroxyl groups is 1. The Hall–Kier alpha value is -2.91. The number of nitrogens with two attached hydrogens (primary N) is 1. The lowest BCUT2D eigenvalue weighted by Gasteiger charge is -2.53. The van der Waals surface area contributed by atoms with Gasteiger partial charge < -0.3 is 21.1 Å². The smallest absolute Gasteiger partial charge is 0.235 e. The van der Waals surface area contributed by atoms with E-state index in [9.17, 15) is 39.3 Å². The first kappa shape index (κ1) is 22.9. The lowest BCUT2D eigenvalue weighted by atomic mass is 9.50. The van der Waals surface area contributed by atoms with Gasteiger partial charge in [-0.3, -0.25) is 24.0 Å². The number of primary amides is 1. The maximum Gasteiger partial charge on any atom is 0.235 e. The van der Waals surface area contributed by atoms with Crippen molar-refractivity contribution in [3.8, 4) is 5.75 Å². The molecule has 0 aromatic heterocycles. The van der Waals surface area contributed by atoms with Gasteiger partial charge in [0.15, 0.2) is 34.7 Å². The Kier molecular flexibility index (Phi) is 5.07. The highest BCUT2D eigenvalue weighted by Crippen LogP contribution is 2.55. The number of fused-ring (bicyclic) bond motifs is 3. The van der Waals surface area contributed by atoms with E-state index in [1.54, 1.807) is 13.0 Å². The molecule has 0 spiro atoms. The average molecular weight is 469 g/mol. The highest BCUT2D eigenvalue weighted by atomic mass is 16.3. The standard InChI is InChI=1S/C25H27NO8/c1-9-15-11(10-4-2-3-5-10)6-7-13(27)17(15)21(30)19-16(9)20(29)12-8-14(28)18(24(26)33)22(31)25(12,34)23(19)32/h6-7,9-10,12,16,18-20,27,29,34H,2-5,8H2,1H3,(H2,26,33)/t9-,12+,16+,18?,19?,20+,25+/m0/s1. The first-order valence-corrected chi connectivity index (χ1v) is 11.7. The molecule has 7 atom stereocenters. The molecule has 9 nitrogen and oxygen atoms in total. The molecule has 34 heavy (non-hydrogen) atoms. The van der Waals surface area contributed by atoms with E-state index < -0.39 is 76.8 Å². The Morgan fingerprint density at radius 2 is 1.74 bits per heavy atom. The molecule has 0 radical (unpaired) electrons. The van der Waals surface area contributed by atoms with E-state index in [-0.39, 0.29) is 17.2 Å². The fourth-order valence-electron chi connectivity index (χ4n) is 7.06. The molecule has 0 bridgehead atoms. The highest BCUT2D eigenvalue weighted by molar-refractivity contribution is 6.31. The number of Topliss-reactive ketones (excluding diaryl/α,β-unsaturated/α-hetero) is 4. The van der Waals surface area contributed by atoms with E-state index in [0.29, 0.717) is 5.56 Å². The third-order valence-corrected chi connectivity index (χ3v) is 8.67. The summed E-state index contributed by atoms with van der Waals surface area (Å²) in [4.78, 5) is 64.6. The Balaban J connectivity index is 1.67. The first-order chi connectivity index (χ1) is 16.0. The molecule has 2 unspecified atom stereocenters. The minimum atomic E-state index is -2.89. The number of aliphatic hydroxyl groups is 2. The highest BCUT2D eigenvalue weighted by Gasteiger charge is 2.70. The van der Waals surface area contributed by atoms with Crippen LogP contribution in [0.3, 0.4) is 0 Å². The van der Waals surface area contributed by atoms with Crippen molar-refractivity contribution in [2.24, 2.45) is 29.4 Å². The van der Waals surface area contributed by atoms with Gasteiger partial charge >= 0.3 is 0 Å². The molecule has 5 rings (SSSR count). The zero-order valence-corrected chi connectivity index (χ0v) is 18.7. The van der Waals surface area contributed by atoms with Gasteiger partial charge in [0.2, 0.25) is 5.91 Å². The number of phenols is 1. The number of aliphatic hydroxyl groups excluding tert-OH is 1. The van der Waals surface area contributed by atoms with Crippen LogP contribution < -0.4 is 5.73 Å². The van der Waals surface area contributed by atoms with Gasteiger partial charge in [-0.15, -0.1) is 0 Å². The van der Waals surface area contributed by atoms with Gasteiger partial charge in [0.05, 0.1) is 17.6 Å². The lowest BCUT2D eigenvalue weighted by Crippen LogP contribution is -2.72. The zero-order valence-electron chi connectivity index (χ0n) is 18.7. The molecule has 3 saturated carbocycles. The molecule has 0 heterocycles. The number of benzene rings is 1. The minimum Gasteiger partial charge on any atom is -0.507 e. The summed E-state index contributed by atoms with van der Waals surface area (Å²) in [6.45, 7) is 1.75. The second-order valence-corrected chi connectivity index (χ2v) is 10.2. The van der Waals surface area contributed by atoms with Crippen molar-refractivity contribution in [2.75, 3.05) is 0 Å². The summed E-state index contributed by atoms with van der Waals surface area (Å²) in [6.07, 6.45) is 1.79. The van der Waals surface area contributed by atoms with Crippen LogP contribution in [0, 0.1) is 23.7 Å². The van der Waals surface area contributed by atoms with Crippen molar-refractivity contribution in [2.45, 2.75) is 62.6 Å². The van der Waals surface area contributed by atoms with Crippen molar-refractivity contribution in [1.82, 2.24) is 0 Å². The van der Waals surface area contributed by atoms with Crippen LogP contribution in [0.1, 0.15) is 72.3 Å². The van der Waals surface area contributed by atoms with Gasteiger partial charge in [-0.2, -0.15) is 0 Å². The van der Waals surface area contributed by atoms with E-state index in [1.807, 2.05) is 0 Å². The van der Waals surface area contributed by atoms with E-state index in [2.05, 4.69) is 0 Å². The minimum absolute atomic E-state index is 0.0217. The number of phenolic OH excluding ortho intramolecular Hbond substituents is 1. The van der Waals surface area contributed by atoms with E-state index >= 15 is 0 Å². The van der Waals surface area contributed by atoms with Crippen LogP contribution in [-0.2, 0) is 19.2 Å². The van der Waals surface area contributed by atoms with Crippen molar-refractivity contribution >= 4 is 29.0 Å². The summed E-state index contributed by atoms with van der Waals surface area (Å²) in [6, 6.07) is 3.21. The van der Waals surface area contributed by atoms with Crippen molar-refractivity contribution in [1.29, 1.82) is 0 Å². The van der Waals surface area contributed by atoms with Crippen molar-refractivity contribution in [3.63, 3.8) is 0 Å². The maximum absolute atomic E-state index is 13.7. The van der Waals surface area contributed by atoms with Crippen LogP contribution in [0.4, 0.5) is 0 Å². The largest absolute Gasteiger partial charge is 0.507 e. The number of hydrogen-bond acceptors (Lipinski definition) is 8. The summed E-state index contributed by atoms with van der Waals surface area (Å²) < 4.78 is 0. The van der Waals surface area contributed by atoms with E-state index in [4.69, 9.17) is 5.73 Å². The van der Waals surface area contributed by atoms with Gasteiger partial charge in [0.25, 0.3) is 0 Å².